The van der Waals surface area contributed by atoms with E-state index in [1.165, 1.54) is 5.56 Å². The Bertz CT molecular complexity index is 1170. The maximum atomic E-state index is 14.7. The van der Waals surface area contributed by atoms with Gasteiger partial charge in [-0.1, -0.05) is 30.3 Å². The zero-order chi connectivity index (χ0) is 36.7. The Balaban J connectivity index is 1.31. The minimum absolute atomic E-state index is 0.0896. The lowest BCUT2D eigenvalue weighted by atomic mass is 9.87. The lowest BCUT2D eigenvalue weighted by Gasteiger charge is -2.44. The monoisotopic (exact) mass is 733 g/mol. The zero-order valence-corrected chi connectivity index (χ0v) is 28.6. The summed E-state index contributed by atoms with van der Waals surface area (Å²) in [5, 5.41) is 55.3. The topological polar surface area (TPSA) is 282 Å². The fourth-order valence-electron chi connectivity index (χ4n) is 6.97. The molecule has 18 heteroatoms. The molecule has 1 aromatic carbocycles. The van der Waals surface area contributed by atoms with E-state index in [4.69, 9.17) is 56.1 Å². The number of ether oxygens (including phenoxy) is 7. The molecule has 3 aliphatic heterocycles. The Morgan fingerprint density at radius 3 is 2.14 bits per heavy atom. The first-order valence-electron chi connectivity index (χ1n) is 17.7. The first-order valence-corrected chi connectivity index (χ1v) is 17.7. The predicted octanol–water partition coefficient (Wildman–Crippen LogP) is -3.94. The van der Waals surface area contributed by atoms with Gasteiger partial charge in [0.25, 0.3) is 0 Å². The summed E-state index contributed by atoms with van der Waals surface area (Å²) >= 11 is 0. The van der Waals surface area contributed by atoms with E-state index >= 15 is 0 Å². The summed E-state index contributed by atoms with van der Waals surface area (Å²) in [6.45, 7) is -0.459. The van der Waals surface area contributed by atoms with E-state index in [0.717, 1.165) is 6.42 Å². The summed E-state index contributed by atoms with van der Waals surface area (Å²) in [6.07, 6.45) is -14.7. The molecular formula is C33H56FN5O12. The molecule has 4 aliphatic rings. The van der Waals surface area contributed by atoms with Crippen molar-refractivity contribution < 1.29 is 63.1 Å². The van der Waals surface area contributed by atoms with Crippen LogP contribution in [0.2, 0.25) is 0 Å². The maximum absolute atomic E-state index is 14.7. The second-order valence-corrected chi connectivity index (χ2v) is 13.7. The molecule has 0 aromatic heterocycles. The maximum Gasteiger partial charge on any atom is 0.187 e. The standard InChI is InChI=1S/C33H56FN5O12/c34-13-21-29(51-32-24(38)26(44)25(43)22(14-35)47-32)30(45-11-10-39-9-8-16-4-2-1-3-5-16)33(46-21)50-28-19(41)7-6-17(36)27(28)49-31-18(37)12-20(42)23(15-40)48-31/h1-5,17-33,39-44H,6-15,35-38H2/t17-,18+,19-,20-,21+,22-,23+,24+,25+,26+,27+,28+,29+,30+,31+,32+,33-/m0/s1. The predicted molar refractivity (Wildman–Crippen MR) is 177 cm³/mol. The fourth-order valence-corrected chi connectivity index (χ4v) is 6.97. The SMILES string of the molecule is NC[C@@H]1O[C@H](O[C@H]2[C@@H](OCCNCCc3ccccc3)[C@H](O[C@H]3[C@H](O[C@H]4O[C@H](CO)[C@@H](O)C[C@H]4N)[C@@H](N)CC[C@@H]3O)O[C@@H]2CF)[C@H](N)[C@@H](O)[C@@H]1O. The molecule has 292 valence electrons. The third-order valence-electron chi connectivity index (χ3n) is 10.00. The Morgan fingerprint density at radius 1 is 0.745 bits per heavy atom. The van der Waals surface area contributed by atoms with Crippen LogP contribution in [0.3, 0.4) is 0 Å². The fraction of sp³-hybridized carbons (Fsp3) is 0.818. The van der Waals surface area contributed by atoms with Crippen molar-refractivity contribution in [2.75, 3.05) is 39.5 Å². The molecule has 17 atom stereocenters. The Morgan fingerprint density at radius 2 is 1.43 bits per heavy atom. The smallest absolute Gasteiger partial charge is 0.187 e. The van der Waals surface area contributed by atoms with E-state index in [1.807, 2.05) is 30.3 Å². The summed E-state index contributed by atoms with van der Waals surface area (Å²) in [6, 6.07) is 7.30. The number of aliphatic hydroxyl groups is 5. The highest BCUT2D eigenvalue weighted by atomic mass is 19.1. The van der Waals surface area contributed by atoms with Crippen molar-refractivity contribution in [2.45, 2.75) is 130 Å². The zero-order valence-electron chi connectivity index (χ0n) is 28.6. The van der Waals surface area contributed by atoms with E-state index < -0.39 is 117 Å². The quantitative estimate of drug-likeness (QED) is 0.0726. The molecule has 1 saturated carbocycles. The number of hydrogen-bond acceptors (Lipinski definition) is 17. The highest BCUT2D eigenvalue weighted by molar-refractivity contribution is 5.14. The molecule has 51 heavy (non-hydrogen) atoms. The second-order valence-electron chi connectivity index (χ2n) is 13.7. The Labute approximate surface area is 296 Å². The summed E-state index contributed by atoms with van der Waals surface area (Å²) < 4.78 is 57.1. The lowest BCUT2D eigenvalue weighted by Crippen LogP contribution is -2.64. The van der Waals surface area contributed by atoms with E-state index in [1.54, 1.807) is 0 Å². The van der Waals surface area contributed by atoms with Crippen molar-refractivity contribution in [1.82, 2.24) is 5.32 Å². The van der Waals surface area contributed by atoms with E-state index in [-0.39, 0.29) is 26.0 Å². The molecule has 17 nitrogen and oxygen atoms in total. The molecule has 5 rings (SSSR count). The molecule has 3 saturated heterocycles. The summed E-state index contributed by atoms with van der Waals surface area (Å²) in [5.74, 6) is 0. The van der Waals surface area contributed by atoms with Gasteiger partial charge < -0.3 is 86.9 Å². The van der Waals surface area contributed by atoms with Gasteiger partial charge in [0.15, 0.2) is 18.9 Å². The number of benzene rings is 1. The molecule has 1 aromatic rings. The lowest BCUT2D eigenvalue weighted by molar-refractivity contribution is -0.299. The molecule has 4 fully saturated rings. The molecule has 3 heterocycles. The van der Waals surface area contributed by atoms with Crippen LogP contribution in [0.1, 0.15) is 24.8 Å². The van der Waals surface area contributed by atoms with Crippen LogP contribution in [0, 0.1) is 0 Å². The van der Waals surface area contributed by atoms with Gasteiger partial charge in [0.1, 0.15) is 61.6 Å². The number of halogens is 1. The minimum atomic E-state index is -1.44. The molecule has 0 bridgehead atoms. The average molecular weight is 734 g/mol. The van der Waals surface area contributed by atoms with Gasteiger partial charge in [0, 0.05) is 19.1 Å². The molecule has 0 amide bonds. The van der Waals surface area contributed by atoms with Crippen LogP contribution in [0.25, 0.3) is 0 Å². The van der Waals surface area contributed by atoms with Gasteiger partial charge in [0.05, 0.1) is 37.5 Å². The van der Waals surface area contributed by atoms with Crippen molar-refractivity contribution in [3.63, 3.8) is 0 Å². The van der Waals surface area contributed by atoms with Gasteiger partial charge in [0.2, 0.25) is 0 Å². The van der Waals surface area contributed by atoms with Crippen LogP contribution in [-0.2, 0) is 39.6 Å². The summed E-state index contributed by atoms with van der Waals surface area (Å²) in [5.41, 5.74) is 25.8. The van der Waals surface area contributed by atoms with Gasteiger partial charge in [-0.3, -0.25) is 0 Å². The normalized spacial score (nSPS) is 43.4. The Kier molecular flexibility index (Phi) is 15.3. The largest absolute Gasteiger partial charge is 0.394 e. The Hall–Kier alpha value is -1.53. The highest BCUT2D eigenvalue weighted by Gasteiger charge is 2.54. The summed E-state index contributed by atoms with van der Waals surface area (Å²) in [7, 11) is 0. The van der Waals surface area contributed by atoms with Gasteiger partial charge in [-0.2, -0.15) is 0 Å². The molecular weight excluding hydrogens is 677 g/mol. The number of hydrogen-bond donors (Lipinski definition) is 10. The van der Waals surface area contributed by atoms with Crippen molar-refractivity contribution in [1.29, 1.82) is 0 Å². The van der Waals surface area contributed by atoms with Crippen LogP contribution in [0.15, 0.2) is 30.3 Å². The molecule has 0 unspecified atom stereocenters. The number of alkyl halides is 1. The van der Waals surface area contributed by atoms with Crippen LogP contribution >= 0.6 is 0 Å². The van der Waals surface area contributed by atoms with Crippen molar-refractivity contribution >= 4 is 0 Å². The van der Waals surface area contributed by atoms with Gasteiger partial charge in [-0.25, -0.2) is 4.39 Å². The number of nitrogens with two attached hydrogens (primary N) is 4. The third-order valence-corrected chi connectivity index (χ3v) is 10.00. The number of nitrogens with one attached hydrogen (secondary N) is 1. The molecule has 0 spiro atoms. The van der Waals surface area contributed by atoms with E-state index in [0.29, 0.717) is 19.5 Å². The average Bonchev–Trinajstić information content (AvgIpc) is 3.45. The van der Waals surface area contributed by atoms with Gasteiger partial charge in [-0.05, 0) is 37.8 Å². The third kappa shape index (κ3) is 9.97. The van der Waals surface area contributed by atoms with Crippen LogP contribution in [0.5, 0.6) is 0 Å². The molecule has 0 radical (unpaired) electrons. The molecule has 1 aliphatic carbocycles. The van der Waals surface area contributed by atoms with Crippen molar-refractivity contribution in [3.05, 3.63) is 35.9 Å². The van der Waals surface area contributed by atoms with Crippen LogP contribution in [-0.4, -0.2) is 169 Å². The molecule has 14 N–H and O–H groups in total. The summed E-state index contributed by atoms with van der Waals surface area (Å²) in [4.78, 5) is 0. The highest BCUT2D eigenvalue weighted by Crippen LogP contribution is 2.35. The van der Waals surface area contributed by atoms with E-state index in [2.05, 4.69) is 5.32 Å². The first kappa shape index (κ1) is 40.7. The van der Waals surface area contributed by atoms with Crippen molar-refractivity contribution in [2.24, 2.45) is 22.9 Å². The van der Waals surface area contributed by atoms with Crippen LogP contribution in [0.4, 0.5) is 4.39 Å². The number of aliphatic hydroxyl groups excluding tert-OH is 5. The van der Waals surface area contributed by atoms with Gasteiger partial charge in [-0.15, -0.1) is 0 Å². The number of rotatable bonds is 16. The first-order chi connectivity index (χ1) is 24.6. The second kappa shape index (κ2) is 19.2. The van der Waals surface area contributed by atoms with Gasteiger partial charge >= 0.3 is 0 Å². The van der Waals surface area contributed by atoms with Crippen LogP contribution < -0.4 is 28.3 Å². The van der Waals surface area contributed by atoms with E-state index in [9.17, 15) is 29.9 Å². The van der Waals surface area contributed by atoms with Crippen molar-refractivity contribution in [3.8, 4) is 0 Å². The minimum Gasteiger partial charge on any atom is -0.394 e.